The average molecular weight is 388 g/mol. The van der Waals surface area contributed by atoms with Crippen LogP contribution in [0.3, 0.4) is 0 Å². The fraction of sp³-hybridized carbons (Fsp3) is 0.350. The Labute approximate surface area is 158 Å². The fourth-order valence-corrected chi connectivity index (χ4v) is 6.66. The van der Waals surface area contributed by atoms with E-state index in [-0.39, 0.29) is 18.0 Å². The van der Waals surface area contributed by atoms with Crippen LogP contribution in [0.5, 0.6) is 0 Å². The smallest absolute Gasteiger partial charge is 0.247 e. The predicted octanol–water partition coefficient (Wildman–Crippen LogP) is 3.76. The van der Waals surface area contributed by atoms with Crippen LogP contribution in [-0.2, 0) is 14.6 Å². The molecule has 0 N–H and O–H groups in total. The van der Waals surface area contributed by atoms with Crippen LogP contribution in [0, 0.1) is 0 Å². The second-order valence-electron chi connectivity index (χ2n) is 6.93. The molecular weight excluding hydrogens is 366 g/mol. The molecule has 0 radical (unpaired) electrons. The minimum atomic E-state index is -3.34. The van der Waals surface area contributed by atoms with E-state index in [9.17, 15) is 13.2 Å². The van der Waals surface area contributed by atoms with Crippen molar-refractivity contribution in [1.29, 1.82) is 0 Å². The Hall–Kier alpha value is -1.92. The summed E-state index contributed by atoms with van der Waals surface area (Å²) >= 11 is 1.59. The van der Waals surface area contributed by atoms with Crippen LogP contribution in [0.15, 0.2) is 58.8 Å². The van der Waals surface area contributed by atoms with Crippen molar-refractivity contribution in [3.8, 4) is 0 Å². The number of benzene rings is 1. The van der Waals surface area contributed by atoms with Gasteiger partial charge in [-0.1, -0.05) is 24.3 Å². The maximum absolute atomic E-state index is 12.9. The first-order valence-corrected chi connectivity index (χ1v) is 11.3. The van der Waals surface area contributed by atoms with Gasteiger partial charge in [-0.15, -0.1) is 11.3 Å². The second-order valence-corrected chi connectivity index (χ2v) is 10.1. The third kappa shape index (κ3) is 3.23. The van der Waals surface area contributed by atoms with Crippen molar-refractivity contribution >= 4 is 33.2 Å². The zero-order chi connectivity index (χ0) is 18.1. The van der Waals surface area contributed by atoms with Crippen LogP contribution >= 0.6 is 11.3 Å². The number of rotatable bonds is 4. The van der Waals surface area contributed by atoms with E-state index < -0.39 is 15.1 Å². The van der Waals surface area contributed by atoms with Gasteiger partial charge in [0.25, 0.3) is 0 Å². The number of thiophene rings is 1. The van der Waals surface area contributed by atoms with Crippen LogP contribution in [0.1, 0.15) is 30.6 Å². The predicted molar refractivity (Wildman–Crippen MR) is 104 cm³/mol. The Balaban J connectivity index is 1.50. The molecule has 0 spiro atoms. The lowest BCUT2D eigenvalue weighted by atomic mass is 10.0. The summed E-state index contributed by atoms with van der Waals surface area (Å²) < 4.78 is 25.9. The van der Waals surface area contributed by atoms with Crippen molar-refractivity contribution < 1.29 is 13.2 Å². The van der Waals surface area contributed by atoms with E-state index in [1.165, 1.54) is 0 Å². The highest BCUT2D eigenvalue weighted by Crippen LogP contribution is 2.40. The SMILES string of the molecule is O=C(C=Cc1cccs1)N1C2CCC1CC(S(=O)(=O)c1ccccc1)C2. The molecule has 136 valence electrons. The average Bonchev–Trinajstić information content (AvgIpc) is 3.26. The lowest BCUT2D eigenvalue weighted by Crippen LogP contribution is -2.49. The molecule has 2 saturated heterocycles. The molecule has 2 aliphatic heterocycles. The van der Waals surface area contributed by atoms with Crippen LogP contribution < -0.4 is 0 Å². The van der Waals surface area contributed by atoms with Gasteiger partial charge in [0.05, 0.1) is 10.1 Å². The van der Waals surface area contributed by atoms with Gasteiger partial charge in [-0.25, -0.2) is 8.42 Å². The summed E-state index contributed by atoms with van der Waals surface area (Å²) in [7, 11) is -3.34. The van der Waals surface area contributed by atoms with Gasteiger partial charge in [0.1, 0.15) is 0 Å². The molecule has 4 nitrogen and oxygen atoms in total. The van der Waals surface area contributed by atoms with Crippen molar-refractivity contribution in [1.82, 2.24) is 4.90 Å². The highest BCUT2D eigenvalue weighted by Gasteiger charge is 2.46. The van der Waals surface area contributed by atoms with E-state index in [0.29, 0.717) is 17.7 Å². The highest BCUT2D eigenvalue weighted by atomic mass is 32.2. The Morgan fingerprint density at radius 2 is 1.73 bits per heavy atom. The largest absolute Gasteiger partial charge is 0.333 e. The molecule has 2 unspecified atom stereocenters. The van der Waals surface area contributed by atoms with Crippen molar-refractivity contribution in [3.05, 3.63) is 58.8 Å². The van der Waals surface area contributed by atoms with E-state index in [1.807, 2.05) is 34.6 Å². The van der Waals surface area contributed by atoms with E-state index in [0.717, 1.165) is 17.7 Å². The van der Waals surface area contributed by atoms with Gasteiger partial charge in [0.2, 0.25) is 5.91 Å². The normalized spacial score (nSPS) is 25.7. The molecule has 6 heteroatoms. The number of nitrogens with zero attached hydrogens (tertiary/aromatic N) is 1. The molecule has 1 aromatic heterocycles. The highest BCUT2D eigenvalue weighted by molar-refractivity contribution is 7.92. The number of piperidine rings is 1. The molecule has 1 aromatic carbocycles. The van der Waals surface area contributed by atoms with Gasteiger partial charge in [0.15, 0.2) is 9.84 Å². The first kappa shape index (κ1) is 17.5. The van der Waals surface area contributed by atoms with Crippen molar-refractivity contribution in [2.45, 2.75) is 47.9 Å². The van der Waals surface area contributed by atoms with Gasteiger partial charge < -0.3 is 4.90 Å². The summed E-state index contributed by atoms with van der Waals surface area (Å²) in [5.74, 6) is 0.00135. The van der Waals surface area contributed by atoms with Crippen molar-refractivity contribution in [3.63, 3.8) is 0 Å². The topological polar surface area (TPSA) is 54.5 Å². The van der Waals surface area contributed by atoms with Gasteiger partial charge in [-0.3, -0.25) is 4.79 Å². The molecule has 26 heavy (non-hydrogen) atoms. The summed E-state index contributed by atoms with van der Waals surface area (Å²) in [6.07, 6.45) is 6.33. The zero-order valence-corrected chi connectivity index (χ0v) is 16.0. The number of fused-ring (bicyclic) bond motifs is 2. The van der Waals surface area contributed by atoms with Gasteiger partial charge in [-0.2, -0.15) is 0 Å². The Morgan fingerprint density at radius 1 is 1.04 bits per heavy atom. The minimum Gasteiger partial charge on any atom is -0.333 e. The number of hydrogen-bond donors (Lipinski definition) is 0. The molecule has 4 rings (SSSR count). The second kappa shape index (κ2) is 7.00. The van der Waals surface area contributed by atoms with E-state index in [4.69, 9.17) is 0 Å². The Kier molecular flexibility index (Phi) is 4.71. The summed E-state index contributed by atoms with van der Waals surface area (Å²) in [5, 5.41) is 1.58. The van der Waals surface area contributed by atoms with Crippen LogP contribution in [-0.4, -0.2) is 36.6 Å². The monoisotopic (exact) mass is 387 g/mol. The van der Waals surface area contributed by atoms with Crippen LogP contribution in [0.25, 0.3) is 6.08 Å². The molecule has 2 aliphatic rings. The van der Waals surface area contributed by atoms with E-state index in [2.05, 4.69) is 0 Å². The maximum atomic E-state index is 12.9. The fourth-order valence-electron chi connectivity index (χ4n) is 4.17. The lowest BCUT2D eigenvalue weighted by Gasteiger charge is -2.38. The molecule has 0 saturated carbocycles. The third-order valence-corrected chi connectivity index (χ3v) is 8.42. The summed E-state index contributed by atoms with van der Waals surface area (Å²) in [6.45, 7) is 0. The Bertz CT molecular complexity index is 890. The van der Waals surface area contributed by atoms with Crippen molar-refractivity contribution in [2.24, 2.45) is 0 Å². The number of amides is 1. The zero-order valence-electron chi connectivity index (χ0n) is 14.3. The number of carbonyl (C=O) groups excluding carboxylic acids is 1. The number of sulfone groups is 1. The molecular formula is C20H21NO3S2. The molecule has 0 aliphatic carbocycles. The summed E-state index contributed by atoms with van der Waals surface area (Å²) in [4.78, 5) is 16.0. The first-order chi connectivity index (χ1) is 12.6. The molecule has 1 amide bonds. The van der Waals surface area contributed by atoms with E-state index in [1.54, 1.807) is 41.7 Å². The molecule has 2 fully saturated rings. The molecule has 2 atom stereocenters. The number of carbonyl (C=O) groups is 1. The number of hydrogen-bond acceptors (Lipinski definition) is 4. The quantitative estimate of drug-likeness (QED) is 0.751. The summed E-state index contributed by atoms with van der Waals surface area (Å²) in [6, 6.07) is 12.7. The Morgan fingerprint density at radius 3 is 2.35 bits per heavy atom. The molecule has 2 bridgehead atoms. The van der Waals surface area contributed by atoms with Gasteiger partial charge in [0, 0.05) is 23.0 Å². The standard InChI is InChI=1S/C20H21NO3S2/c22-20(11-10-17-5-4-12-25-17)21-15-8-9-16(21)14-19(13-15)26(23,24)18-6-2-1-3-7-18/h1-7,10-12,15-16,19H,8-9,13-14H2. The first-order valence-electron chi connectivity index (χ1n) is 8.88. The van der Waals surface area contributed by atoms with Crippen molar-refractivity contribution in [2.75, 3.05) is 0 Å². The molecule has 3 heterocycles. The van der Waals surface area contributed by atoms with Gasteiger partial charge >= 0.3 is 0 Å². The lowest BCUT2D eigenvalue weighted by molar-refractivity contribution is -0.130. The minimum absolute atomic E-state index is 0.00135. The third-order valence-electron chi connectivity index (χ3n) is 5.39. The van der Waals surface area contributed by atoms with Gasteiger partial charge in [-0.05, 0) is 55.3 Å². The van der Waals surface area contributed by atoms with Crippen LogP contribution in [0.4, 0.5) is 0 Å². The maximum Gasteiger partial charge on any atom is 0.247 e. The molecule has 2 aromatic rings. The summed E-state index contributed by atoms with van der Waals surface area (Å²) in [5.41, 5.74) is 0. The van der Waals surface area contributed by atoms with E-state index >= 15 is 0 Å². The van der Waals surface area contributed by atoms with Crippen LogP contribution in [0.2, 0.25) is 0 Å².